The predicted octanol–water partition coefficient (Wildman–Crippen LogP) is 2.56. The fraction of sp³-hybridized carbons (Fsp3) is 0.476. The molecule has 1 N–H and O–H groups in total. The van der Waals surface area contributed by atoms with Gasteiger partial charge in [0.1, 0.15) is 5.76 Å². The quantitative estimate of drug-likeness (QED) is 0.829. The second-order valence-electron chi connectivity index (χ2n) is 7.05. The summed E-state index contributed by atoms with van der Waals surface area (Å²) in [6.45, 7) is 5.24. The van der Waals surface area contributed by atoms with Crippen LogP contribution in [0.3, 0.4) is 0 Å². The van der Waals surface area contributed by atoms with E-state index in [0.717, 1.165) is 44.8 Å². The van der Waals surface area contributed by atoms with Gasteiger partial charge in [-0.25, -0.2) is 0 Å². The summed E-state index contributed by atoms with van der Waals surface area (Å²) in [4.78, 5) is 16.9. The van der Waals surface area contributed by atoms with E-state index in [0.29, 0.717) is 13.1 Å². The van der Waals surface area contributed by atoms with Gasteiger partial charge in [-0.1, -0.05) is 30.3 Å². The van der Waals surface area contributed by atoms with Gasteiger partial charge in [0.05, 0.1) is 12.8 Å². The van der Waals surface area contributed by atoms with E-state index in [2.05, 4.69) is 34.3 Å². The number of nitrogens with zero attached hydrogens (tertiary/aromatic N) is 2. The van der Waals surface area contributed by atoms with Crippen molar-refractivity contribution in [3.8, 4) is 0 Å². The van der Waals surface area contributed by atoms with Crippen molar-refractivity contribution in [2.75, 3.05) is 46.3 Å². The summed E-state index contributed by atoms with van der Waals surface area (Å²) in [5, 5.41) is 3.09. The van der Waals surface area contributed by atoms with Gasteiger partial charge >= 0.3 is 0 Å². The van der Waals surface area contributed by atoms with Crippen molar-refractivity contribution >= 4 is 5.91 Å². The first-order chi connectivity index (χ1) is 12.7. The average Bonchev–Trinajstić information content (AvgIpc) is 3.10. The Morgan fingerprint density at radius 3 is 2.73 bits per heavy atom. The maximum atomic E-state index is 12.3. The average molecular weight is 355 g/mol. The van der Waals surface area contributed by atoms with Gasteiger partial charge in [0.25, 0.3) is 0 Å². The van der Waals surface area contributed by atoms with Gasteiger partial charge in [-0.3, -0.25) is 9.69 Å². The summed E-state index contributed by atoms with van der Waals surface area (Å²) in [6.07, 6.45) is 3.66. The van der Waals surface area contributed by atoms with Crippen molar-refractivity contribution in [3.05, 3.63) is 60.1 Å². The van der Waals surface area contributed by atoms with Crippen molar-refractivity contribution < 1.29 is 9.21 Å². The van der Waals surface area contributed by atoms with Gasteiger partial charge in [0.15, 0.2) is 0 Å². The summed E-state index contributed by atoms with van der Waals surface area (Å²) in [6, 6.07) is 14.3. The zero-order valence-electron chi connectivity index (χ0n) is 15.6. The first-order valence-corrected chi connectivity index (χ1v) is 9.48. The molecule has 0 radical (unpaired) electrons. The summed E-state index contributed by atoms with van der Waals surface area (Å²) < 4.78 is 5.63. The van der Waals surface area contributed by atoms with E-state index in [1.54, 1.807) is 6.26 Å². The maximum Gasteiger partial charge on any atom is 0.234 e. The van der Waals surface area contributed by atoms with Gasteiger partial charge in [0, 0.05) is 25.6 Å². The first kappa shape index (κ1) is 18.7. The van der Waals surface area contributed by atoms with Crippen LogP contribution in [0.25, 0.3) is 0 Å². The second-order valence-corrected chi connectivity index (χ2v) is 7.05. The molecule has 26 heavy (non-hydrogen) atoms. The van der Waals surface area contributed by atoms with E-state index in [-0.39, 0.29) is 11.8 Å². The van der Waals surface area contributed by atoms with Crippen molar-refractivity contribution in [1.82, 2.24) is 15.1 Å². The second kappa shape index (κ2) is 9.55. The van der Waals surface area contributed by atoms with Crippen LogP contribution in [0.4, 0.5) is 0 Å². The lowest BCUT2D eigenvalue weighted by Gasteiger charge is -2.20. The summed E-state index contributed by atoms with van der Waals surface area (Å²) in [7, 11) is 2.14. The number of furan rings is 1. The molecule has 0 spiro atoms. The molecule has 140 valence electrons. The van der Waals surface area contributed by atoms with Crippen LogP contribution in [-0.2, 0) is 4.79 Å². The highest BCUT2D eigenvalue weighted by Crippen LogP contribution is 2.27. The summed E-state index contributed by atoms with van der Waals surface area (Å²) in [5.41, 5.74) is 1.22. The van der Waals surface area contributed by atoms with Crippen LogP contribution >= 0.6 is 0 Å². The Morgan fingerprint density at radius 2 is 1.96 bits per heavy atom. The largest absolute Gasteiger partial charge is 0.469 e. The number of hydrogen-bond acceptors (Lipinski definition) is 4. The van der Waals surface area contributed by atoms with E-state index in [1.807, 2.05) is 30.3 Å². The SMILES string of the molecule is CN1CCCN(CC(=O)NCC[C@H](c2ccccc2)c2ccco2)CC1. The lowest BCUT2D eigenvalue weighted by Crippen LogP contribution is -2.39. The van der Waals surface area contributed by atoms with Gasteiger partial charge < -0.3 is 14.6 Å². The molecule has 5 nitrogen and oxygen atoms in total. The molecule has 1 aromatic carbocycles. The van der Waals surface area contributed by atoms with Gasteiger partial charge in [-0.2, -0.15) is 0 Å². The number of carbonyl (C=O) groups excluding carboxylic acids is 1. The highest BCUT2D eigenvalue weighted by Gasteiger charge is 2.18. The molecule has 0 saturated carbocycles. The summed E-state index contributed by atoms with van der Waals surface area (Å²) >= 11 is 0. The third kappa shape index (κ3) is 5.44. The Balaban J connectivity index is 1.49. The number of benzene rings is 1. The van der Waals surface area contributed by atoms with Crippen LogP contribution in [0.5, 0.6) is 0 Å². The molecule has 2 aromatic rings. The van der Waals surface area contributed by atoms with Gasteiger partial charge in [-0.15, -0.1) is 0 Å². The van der Waals surface area contributed by atoms with E-state index in [4.69, 9.17) is 4.42 Å². The first-order valence-electron chi connectivity index (χ1n) is 9.48. The highest BCUT2D eigenvalue weighted by molar-refractivity contribution is 5.78. The molecule has 1 aromatic heterocycles. The molecule has 1 amide bonds. The van der Waals surface area contributed by atoms with Crippen LogP contribution in [0.1, 0.15) is 30.1 Å². The van der Waals surface area contributed by atoms with Crippen LogP contribution < -0.4 is 5.32 Å². The minimum atomic E-state index is 0.112. The zero-order valence-corrected chi connectivity index (χ0v) is 15.6. The van der Waals surface area contributed by atoms with E-state index >= 15 is 0 Å². The third-order valence-corrected chi connectivity index (χ3v) is 5.02. The number of amides is 1. The van der Waals surface area contributed by atoms with Crippen molar-refractivity contribution in [1.29, 1.82) is 0 Å². The topological polar surface area (TPSA) is 48.7 Å². The number of hydrogen-bond donors (Lipinski definition) is 1. The lowest BCUT2D eigenvalue weighted by atomic mass is 9.93. The van der Waals surface area contributed by atoms with Crippen molar-refractivity contribution in [2.45, 2.75) is 18.8 Å². The predicted molar refractivity (Wildman–Crippen MR) is 103 cm³/mol. The van der Waals surface area contributed by atoms with Gasteiger partial charge in [-0.05, 0) is 50.7 Å². The molecular formula is C21H29N3O2. The number of likely N-dealkylation sites (N-methyl/N-ethyl adjacent to an activating group) is 1. The number of rotatable bonds is 7. The van der Waals surface area contributed by atoms with E-state index < -0.39 is 0 Å². The van der Waals surface area contributed by atoms with Crippen molar-refractivity contribution in [2.24, 2.45) is 0 Å². The smallest absolute Gasteiger partial charge is 0.234 e. The molecule has 3 rings (SSSR count). The monoisotopic (exact) mass is 355 g/mol. The Bertz CT molecular complexity index is 657. The molecule has 5 heteroatoms. The summed E-state index contributed by atoms with van der Waals surface area (Å²) in [5.74, 6) is 1.22. The van der Waals surface area contributed by atoms with Crippen molar-refractivity contribution in [3.63, 3.8) is 0 Å². The minimum absolute atomic E-state index is 0.112. The highest BCUT2D eigenvalue weighted by atomic mass is 16.3. The van der Waals surface area contributed by atoms with E-state index in [9.17, 15) is 4.79 Å². The molecule has 0 bridgehead atoms. The molecule has 1 aliphatic rings. The third-order valence-electron chi connectivity index (χ3n) is 5.02. The molecule has 1 aliphatic heterocycles. The fourth-order valence-electron chi connectivity index (χ4n) is 3.52. The minimum Gasteiger partial charge on any atom is -0.469 e. The Hall–Kier alpha value is -2.11. The van der Waals surface area contributed by atoms with E-state index in [1.165, 1.54) is 5.56 Å². The van der Waals surface area contributed by atoms with Crippen LogP contribution in [0, 0.1) is 0 Å². The Labute approximate surface area is 156 Å². The standard InChI is InChI=1S/C21H29N3O2/c1-23-12-6-13-24(15-14-23)17-21(25)22-11-10-19(20-9-5-16-26-20)18-7-3-2-4-8-18/h2-5,7-9,16,19H,6,10-15,17H2,1H3,(H,22,25)/t19-/m1/s1. The molecule has 0 unspecified atom stereocenters. The van der Waals surface area contributed by atoms with Crippen LogP contribution in [-0.4, -0.2) is 62.0 Å². The lowest BCUT2D eigenvalue weighted by molar-refractivity contribution is -0.122. The molecule has 1 saturated heterocycles. The molecular weight excluding hydrogens is 326 g/mol. The Kier molecular flexibility index (Phi) is 6.86. The number of carbonyl (C=O) groups is 1. The van der Waals surface area contributed by atoms with Crippen LogP contribution in [0.2, 0.25) is 0 Å². The molecule has 1 fully saturated rings. The molecule has 0 aliphatic carbocycles. The van der Waals surface area contributed by atoms with Crippen LogP contribution in [0.15, 0.2) is 53.1 Å². The Morgan fingerprint density at radius 1 is 1.12 bits per heavy atom. The zero-order chi connectivity index (χ0) is 18.2. The molecule has 1 atom stereocenters. The fourth-order valence-corrected chi connectivity index (χ4v) is 3.52. The van der Waals surface area contributed by atoms with Gasteiger partial charge in [0.2, 0.25) is 5.91 Å². The molecule has 2 heterocycles. The normalized spacial score (nSPS) is 17.6. The number of nitrogens with one attached hydrogen (secondary N) is 1. The maximum absolute atomic E-state index is 12.3.